The number of amides is 1. The van der Waals surface area contributed by atoms with Crippen LogP contribution >= 0.6 is 0 Å². The van der Waals surface area contributed by atoms with Crippen LogP contribution in [0.15, 0.2) is 18.3 Å². The minimum Gasteiger partial charge on any atom is -0.381 e. The lowest BCUT2D eigenvalue weighted by molar-refractivity contribution is -0.122. The molecule has 1 aromatic heterocycles. The molecule has 0 radical (unpaired) electrons. The highest BCUT2D eigenvalue weighted by atomic mass is 16.5. The number of pyridine rings is 1. The van der Waals surface area contributed by atoms with Crippen molar-refractivity contribution in [2.75, 3.05) is 31.8 Å². The smallest absolute Gasteiger partial charge is 0.252 e. The number of nitrogens with zero attached hydrogens (tertiary/aromatic N) is 2. The number of methoxy groups -OCH3 is 1. The fraction of sp³-hybridized carbons (Fsp3) is 0.571. The van der Waals surface area contributed by atoms with E-state index >= 15 is 0 Å². The molecule has 2 fully saturated rings. The van der Waals surface area contributed by atoms with Crippen LogP contribution in [0, 0.1) is 5.41 Å². The van der Waals surface area contributed by atoms with Crippen molar-refractivity contribution in [1.29, 1.82) is 0 Å². The molecule has 1 atom stereocenters. The second-order valence-corrected chi connectivity index (χ2v) is 5.43. The van der Waals surface area contributed by atoms with Crippen LogP contribution in [0.4, 0.5) is 5.82 Å². The van der Waals surface area contributed by atoms with Crippen LogP contribution in [-0.4, -0.2) is 44.0 Å². The van der Waals surface area contributed by atoms with Crippen molar-refractivity contribution in [3.8, 4) is 0 Å². The van der Waals surface area contributed by atoms with Gasteiger partial charge in [-0.05, 0) is 25.0 Å². The first-order chi connectivity index (χ1) is 9.68. The van der Waals surface area contributed by atoms with E-state index in [2.05, 4.69) is 4.98 Å². The largest absolute Gasteiger partial charge is 0.381 e. The molecule has 20 heavy (non-hydrogen) atoms. The number of ether oxygens (including phenoxy) is 2. The number of hydrogen-bond donors (Lipinski definition) is 1. The van der Waals surface area contributed by atoms with Crippen LogP contribution in [0.2, 0.25) is 0 Å². The van der Waals surface area contributed by atoms with E-state index in [-0.39, 0.29) is 11.6 Å². The number of carbonyl (C=O) groups excluding carboxylic acids is 1. The topological polar surface area (TPSA) is 77.7 Å². The van der Waals surface area contributed by atoms with Gasteiger partial charge in [0.1, 0.15) is 12.0 Å². The van der Waals surface area contributed by atoms with E-state index in [1.54, 1.807) is 25.4 Å². The highest BCUT2D eigenvalue weighted by Crippen LogP contribution is 2.48. The van der Waals surface area contributed by atoms with Gasteiger partial charge in [-0.2, -0.15) is 0 Å². The Kier molecular flexibility index (Phi) is 3.35. The second-order valence-electron chi connectivity index (χ2n) is 5.43. The minimum absolute atomic E-state index is 0.0700. The second kappa shape index (κ2) is 5.03. The SMILES string of the molecule is COC1N(c2ncccc2C(N)=O)CC12CCOCC2. The lowest BCUT2D eigenvalue weighted by Crippen LogP contribution is -2.67. The molecule has 0 saturated carbocycles. The van der Waals surface area contributed by atoms with E-state index in [0.29, 0.717) is 11.4 Å². The molecule has 108 valence electrons. The van der Waals surface area contributed by atoms with Crippen LogP contribution < -0.4 is 10.6 Å². The predicted molar refractivity (Wildman–Crippen MR) is 73.4 cm³/mol. The van der Waals surface area contributed by atoms with Gasteiger partial charge in [0, 0.05) is 38.5 Å². The predicted octanol–water partition coefficient (Wildman–Crippen LogP) is 0.770. The summed E-state index contributed by atoms with van der Waals surface area (Å²) in [6.07, 6.45) is 3.55. The number of carbonyl (C=O) groups is 1. The molecule has 6 nitrogen and oxygen atoms in total. The lowest BCUT2D eigenvalue weighted by Gasteiger charge is -2.58. The number of anilines is 1. The van der Waals surface area contributed by atoms with Gasteiger partial charge in [0.2, 0.25) is 0 Å². The van der Waals surface area contributed by atoms with Crippen LogP contribution in [0.5, 0.6) is 0 Å². The van der Waals surface area contributed by atoms with Crippen molar-refractivity contribution < 1.29 is 14.3 Å². The fourth-order valence-electron chi connectivity index (χ4n) is 3.28. The van der Waals surface area contributed by atoms with Gasteiger partial charge in [-0.1, -0.05) is 0 Å². The highest BCUT2D eigenvalue weighted by molar-refractivity contribution is 5.97. The van der Waals surface area contributed by atoms with E-state index in [9.17, 15) is 4.79 Å². The van der Waals surface area contributed by atoms with E-state index in [4.69, 9.17) is 15.2 Å². The summed E-state index contributed by atoms with van der Waals surface area (Å²) in [6, 6.07) is 3.42. The van der Waals surface area contributed by atoms with Gasteiger partial charge in [0.15, 0.2) is 0 Å². The summed E-state index contributed by atoms with van der Waals surface area (Å²) in [7, 11) is 1.70. The summed E-state index contributed by atoms with van der Waals surface area (Å²) in [5.41, 5.74) is 5.97. The van der Waals surface area contributed by atoms with Crippen molar-refractivity contribution >= 4 is 11.7 Å². The van der Waals surface area contributed by atoms with Gasteiger partial charge in [0.05, 0.1) is 5.56 Å². The highest BCUT2D eigenvalue weighted by Gasteiger charge is 2.54. The van der Waals surface area contributed by atoms with Gasteiger partial charge in [-0.25, -0.2) is 4.98 Å². The van der Waals surface area contributed by atoms with Crippen LogP contribution in [0.1, 0.15) is 23.2 Å². The zero-order valence-electron chi connectivity index (χ0n) is 11.5. The van der Waals surface area contributed by atoms with Crippen LogP contribution in [0.3, 0.4) is 0 Å². The fourth-order valence-corrected chi connectivity index (χ4v) is 3.28. The van der Waals surface area contributed by atoms with Crippen LogP contribution in [-0.2, 0) is 9.47 Å². The van der Waals surface area contributed by atoms with Gasteiger partial charge in [-0.15, -0.1) is 0 Å². The Morgan fingerprint density at radius 2 is 2.30 bits per heavy atom. The molecule has 2 N–H and O–H groups in total. The first kappa shape index (κ1) is 13.3. The average molecular weight is 277 g/mol. The third kappa shape index (κ3) is 1.96. The van der Waals surface area contributed by atoms with Crippen molar-refractivity contribution in [2.45, 2.75) is 19.1 Å². The first-order valence-electron chi connectivity index (χ1n) is 6.80. The molecule has 6 heteroatoms. The Hall–Kier alpha value is -1.66. The zero-order chi connectivity index (χ0) is 14.2. The van der Waals surface area contributed by atoms with Crippen molar-refractivity contribution in [3.05, 3.63) is 23.9 Å². The number of nitrogens with two attached hydrogens (primary N) is 1. The van der Waals surface area contributed by atoms with E-state index in [1.165, 1.54) is 0 Å². The Labute approximate surface area is 117 Å². The molecule has 1 unspecified atom stereocenters. The molecule has 0 bridgehead atoms. The van der Waals surface area contributed by atoms with Gasteiger partial charge < -0.3 is 20.1 Å². The molecular weight excluding hydrogens is 258 g/mol. The molecule has 2 aliphatic heterocycles. The number of aromatic nitrogens is 1. The Morgan fingerprint density at radius 3 is 2.95 bits per heavy atom. The Bertz CT molecular complexity index is 514. The molecule has 3 rings (SSSR count). The monoisotopic (exact) mass is 277 g/mol. The van der Waals surface area contributed by atoms with E-state index in [1.807, 2.05) is 4.90 Å². The van der Waals surface area contributed by atoms with Crippen molar-refractivity contribution in [3.63, 3.8) is 0 Å². The van der Waals surface area contributed by atoms with Gasteiger partial charge in [-0.3, -0.25) is 4.79 Å². The van der Waals surface area contributed by atoms with Crippen LogP contribution in [0.25, 0.3) is 0 Å². The van der Waals surface area contributed by atoms with Gasteiger partial charge >= 0.3 is 0 Å². The lowest BCUT2D eigenvalue weighted by atomic mass is 9.71. The molecule has 2 aliphatic rings. The number of hydrogen-bond acceptors (Lipinski definition) is 5. The third-order valence-corrected chi connectivity index (χ3v) is 4.33. The Morgan fingerprint density at radius 1 is 1.55 bits per heavy atom. The number of primary amides is 1. The van der Waals surface area contributed by atoms with E-state index in [0.717, 1.165) is 32.6 Å². The summed E-state index contributed by atoms with van der Waals surface area (Å²) in [5, 5.41) is 0. The maximum atomic E-state index is 11.5. The maximum absolute atomic E-state index is 11.5. The summed E-state index contributed by atoms with van der Waals surface area (Å²) < 4.78 is 11.1. The summed E-state index contributed by atoms with van der Waals surface area (Å²) in [5.74, 6) is 0.153. The quantitative estimate of drug-likeness (QED) is 0.883. The normalized spacial score (nSPS) is 24.4. The molecular formula is C14H19N3O3. The standard InChI is InChI=1S/C14H19N3O3/c1-19-13-14(4-7-20-8-5-14)9-17(13)12-10(11(15)18)3-2-6-16-12/h2-3,6,13H,4-5,7-9H2,1H3,(H2,15,18). The summed E-state index contributed by atoms with van der Waals surface area (Å²) >= 11 is 0. The zero-order valence-corrected chi connectivity index (χ0v) is 11.5. The molecule has 0 aliphatic carbocycles. The minimum atomic E-state index is -0.462. The van der Waals surface area contributed by atoms with Crippen molar-refractivity contribution in [2.24, 2.45) is 11.1 Å². The first-order valence-corrected chi connectivity index (χ1v) is 6.80. The third-order valence-electron chi connectivity index (χ3n) is 4.33. The maximum Gasteiger partial charge on any atom is 0.252 e. The summed E-state index contributed by atoms with van der Waals surface area (Å²) in [6.45, 7) is 2.35. The van der Waals surface area contributed by atoms with Crippen molar-refractivity contribution in [1.82, 2.24) is 4.98 Å². The molecule has 2 saturated heterocycles. The molecule has 0 aromatic carbocycles. The number of rotatable bonds is 3. The molecule has 1 spiro atoms. The van der Waals surface area contributed by atoms with Gasteiger partial charge in [0.25, 0.3) is 5.91 Å². The van der Waals surface area contributed by atoms with E-state index < -0.39 is 5.91 Å². The average Bonchev–Trinajstić information content (AvgIpc) is 2.46. The molecule has 1 aromatic rings. The molecule has 1 amide bonds. The summed E-state index contributed by atoms with van der Waals surface area (Å²) in [4.78, 5) is 17.9. The Balaban J connectivity index is 1.87. The molecule has 3 heterocycles.